The van der Waals surface area contributed by atoms with Gasteiger partial charge in [0, 0.05) is 24.4 Å². The van der Waals surface area contributed by atoms with E-state index in [0.29, 0.717) is 16.9 Å². The van der Waals surface area contributed by atoms with Crippen LogP contribution in [-0.2, 0) is 15.8 Å². The van der Waals surface area contributed by atoms with Gasteiger partial charge in [0.1, 0.15) is 0 Å². The molecule has 2 rings (SSSR count). The maximum atomic E-state index is 12.5. The Morgan fingerprint density at radius 1 is 0.880 bits per heavy atom. The Bertz CT molecular complexity index is 779. The zero-order valence-electron chi connectivity index (χ0n) is 13.2. The van der Waals surface area contributed by atoms with Crippen LogP contribution in [-0.4, -0.2) is 11.8 Å². The van der Waals surface area contributed by atoms with Gasteiger partial charge >= 0.3 is 6.18 Å². The normalized spacial score (nSPS) is 11.4. The van der Waals surface area contributed by atoms with Gasteiger partial charge in [0.15, 0.2) is 0 Å². The molecule has 7 heteroatoms. The van der Waals surface area contributed by atoms with E-state index in [9.17, 15) is 22.8 Å². The minimum absolute atomic E-state index is 0.198. The Morgan fingerprint density at radius 3 is 1.88 bits per heavy atom. The number of amides is 2. The molecule has 2 aromatic rings. The van der Waals surface area contributed by atoms with Crippen LogP contribution in [0.3, 0.4) is 0 Å². The zero-order chi connectivity index (χ0) is 18.4. The summed E-state index contributed by atoms with van der Waals surface area (Å²) in [6.07, 6.45) is -1.74. The van der Waals surface area contributed by atoms with E-state index in [0.717, 1.165) is 12.1 Å². The molecule has 2 N–H and O–H groups in total. The summed E-state index contributed by atoms with van der Waals surface area (Å²) in [6.45, 7) is 1.39. The van der Waals surface area contributed by atoms with Crippen molar-refractivity contribution in [2.45, 2.75) is 13.1 Å². The fourth-order valence-corrected chi connectivity index (χ4v) is 1.98. The molecule has 0 bridgehead atoms. The number of carbonyl (C=O) groups is 2. The summed E-state index contributed by atoms with van der Waals surface area (Å²) in [4.78, 5) is 22.7. The van der Waals surface area contributed by atoms with E-state index in [2.05, 4.69) is 10.6 Å². The summed E-state index contributed by atoms with van der Waals surface area (Å²) >= 11 is 0. The van der Waals surface area contributed by atoms with Gasteiger partial charge < -0.3 is 10.6 Å². The maximum absolute atomic E-state index is 12.5. The van der Waals surface area contributed by atoms with Gasteiger partial charge in [-0.1, -0.05) is 12.1 Å². The first-order valence-electron chi connectivity index (χ1n) is 7.28. The van der Waals surface area contributed by atoms with E-state index in [1.165, 1.54) is 31.2 Å². The molecule has 2 aromatic carbocycles. The van der Waals surface area contributed by atoms with Gasteiger partial charge in [-0.05, 0) is 48.0 Å². The van der Waals surface area contributed by atoms with Crippen LogP contribution in [0.25, 0.3) is 6.08 Å². The molecule has 0 unspecified atom stereocenters. The van der Waals surface area contributed by atoms with Crippen LogP contribution in [0.5, 0.6) is 0 Å². The molecular weight excluding hydrogens is 333 g/mol. The molecule has 0 aromatic heterocycles. The SMILES string of the molecule is CC(=O)Nc1ccc(NC(=O)/C=C/c2ccc(C(F)(F)F)cc2)cc1. The van der Waals surface area contributed by atoms with Crippen LogP contribution in [0.1, 0.15) is 18.1 Å². The second kappa shape index (κ2) is 7.65. The zero-order valence-corrected chi connectivity index (χ0v) is 13.2. The third-order valence-electron chi connectivity index (χ3n) is 3.14. The van der Waals surface area contributed by atoms with Gasteiger partial charge in [0.2, 0.25) is 11.8 Å². The molecule has 0 heterocycles. The van der Waals surface area contributed by atoms with E-state index < -0.39 is 17.6 Å². The van der Waals surface area contributed by atoms with Crippen molar-refractivity contribution < 1.29 is 22.8 Å². The highest BCUT2D eigenvalue weighted by molar-refractivity contribution is 6.02. The molecule has 0 fully saturated rings. The molecule has 130 valence electrons. The fraction of sp³-hybridized carbons (Fsp3) is 0.111. The first-order chi connectivity index (χ1) is 11.7. The summed E-state index contributed by atoms with van der Waals surface area (Å²) in [7, 11) is 0. The van der Waals surface area contributed by atoms with Crippen LogP contribution < -0.4 is 10.6 Å². The van der Waals surface area contributed by atoms with Gasteiger partial charge in [-0.3, -0.25) is 9.59 Å². The van der Waals surface area contributed by atoms with Crippen LogP contribution in [0.4, 0.5) is 24.5 Å². The van der Waals surface area contributed by atoms with Crippen LogP contribution in [0.15, 0.2) is 54.6 Å². The topological polar surface area (TPSA) is 58.2 Å². The summed E-state index contributed by atoms with van der Waals surface area (Å²) < 4.78 is 37.4. The highest BCUT2D eigenvalue weighted by Gasteiger charge is 2.29. The number of nitrogens with one attached hydrogen (secondary N) is 2. The number of halogens is 3. The van der Waals surface area contributed by atoms with Crippen molar-refractivity contribution in [2.24, 2.45) is 0 Å². The number of carbonyl (C=O) groups excluding carboxylic acids is 2. The molecular formula is C18H15F3N2O2. The third-order valence-corrected chi connectivity index (χ3v) is 3.14. The van der Waals surface area contributed by atoms with E-state index in [4.69, 9.17) is 0 Å². The molecule has 0 spiro atoms. The van der Waals surface area contributed by atoms with E-state index >= 15 is 0 Å². The van der Waals surface area contributed by atoms with Crippen molar-refractivity contribution in [3.8, 4) is 0 Å². The molecule has 0 radical (unpaired) electrons. The Labute approximate surface area is 142 Å². The monoisotopic (exact) mass is 348 g/mol. The van der Waals surface area contributed by atoms with Gasteiger partial charge in [-0.25, -0.2) is 0 Å². The second-order valence-electron chi connectivity index (χ2n) is 5.20. The first kappa shape index (κ1) is 18.3. The molecule has 4 nitrogen and oxygen atoms in total. The first-order valence-corrected chi connectivity index (χ1v) is 7.28. The lowest BCUT2D eigenvalue weighted by Crippen LogP contribution is -2.08. The lowest BCUT2D eigenvalue weighted by molar-refractivity contribution is -0.137. The molecule has 0 aliphatic rings. The highest BCUT2D eigenvalue weighted by Crippen LogP contribution is 2.29. The van der Waals surface area contributed by atoms with Crippen molar-refractivity contribution >= 4 is 29.3 Å². The lowest BCUT2D eigenvalue weighted by Gasteiger charge is -2.06. The minimum atomic E-state index is -4.39. The fourth-order valence-electron chi connectivity index (χ4n) is 1.98. The maximum Gasteiger partial charge on any atom is 0.416 e. The summed E-state index contributed by atoms with van der Waals surface area (Å²) in [6, 6.07) is 11.0. The Morgan fingerprint density at radius 2 is 1.40 bits per heavy atom. The van der Waals surface area contributed by atoms with E-state index in [1.54, 1.807) is 24.3 Å². The Kier molecular flexibility index (Phi) is 5.59. The Balaban J connectivity index is 1.95. The van der Waals surface area contributed by atoms with Crippen molar-refractivity contribution in [3.63, 3.8) is 0 Å². The average Bonchev–Trinajstić information content (AvgIpc) is 2.54. The largest absolute Gasteiger partial charge is 0.416 e. The van der Waals surface area contributed by atoms with Crippen LogP contribution >= 0.6 is 0 Å². The van der Waals surface area contributed by atoms with Crippen LogP contribution in [0, 0.1) is 0 Å². The van der Waals surface area contributed by atoms with Crippen molar-refractivity contribution in [1.29, 1.82) is 0 Å². The Hall–Kier alpha value is -3.09. The number of alkyl halides is 3. The van der Waals surface area contributed by atoms with Gasteiger partial charge in [0.05, 0.1) is 5.56 Å². The van der Waals surface area contributed by atoms with Crippen LogP contribution in [0.2, 0.25) is 0 Å². The van der Waals surface area contributed by atoms with Gasteiger partial charge in [-0.2, -0.15) is 13.2 Å². The predicted octanol–water partition coefficient (Wildman–Crippen LogP) is 4.32. The third kappa shape index (κ3) is 5.80. The molecule has 0 atom stereocenters. The molecule has 0 aliphatic carbocycles. The highest BCUT2D eigenvalue weighted by atomic mass is 19.4. The number of benzene rings is 2. The summed E-state index contributed by atoms with van der Waals surface area (Å²) in [5, 5.41) is 5.21. The van der Waals surface area contributed by atoms with Gasteiger partial charge in [0.25, 0.3) is 0 Å². The standard InChI is InChI=1S/C18H15F3N2O2/c1-12(24)22-15-7-9-16(10-8-15)23-17(25)11-4-13-2-5-14(6-3-13)18(19,20)21/h2-11H,1H3,(H,22,24)(H,23,25)/b11-4+. The average molecular weight is 348 g/mol. The predicted molar refractivity (Wildman–Crippen MR) is 89.9 cm³/mol. The van der Waals surface area contributed by atoms with Crippen molar-refractivity contribution in [1.82, 2.24) is 0 Å². The summed E-state index contributed by atoms with van der Waals surface area (Å²) in [5.41, 5.74) is 0.861. The molecule has 0 saturated heterocycles. The smallest absolute Gasteiger partial charge is 0.326 e. The quantitative estimate of drug-likeness (QED) is 0.809. The minimum Gasteiger partial charge on any atom is -0.326 e. The molecule has 0 aliphatic heterocycles. The summed E-state index contributed by atoms with van der Waals surface area (Å²) in [5.74, 6) is -0.622. The van der Waals surface area contributed by atoms with E-state index in [1.807, 2.05) is 0 Å². The second-order valence-corrected chi connectivity index (χ2v) is 5.20. The number of hydrogen-bond donors (Lipinski definition) is 2. The number of rotatable bonds is 4. The van der Waals surface area contributed by atoms with Gasteiger partial charge in [-0.15, -0.1) is 0 Å². The molecule has 0 saturated carbocycles. The van der Waals surface area contributed by atoms with E-state index in [-0.39, 0.29) is 5.91 Å². The molecule has 2 amide bonds. The lowest BCUT2D eigenvalue weighted by atomic mass is 10.1. The molecule has 25 heavy (non-hydrogen) atoms. The van der Waals surface area contributed by atoms with Crippen molar-refractivity contribution in [2.75, 3.05) is 10.6 Å². The van der Waals surface area contributed by atoms with Crippen molar-refractivity contribution in [3.05, 3.63) is 65.7 Å². The number of hydrogen-bond acceptors (Lipinski definition) is 2. The number of anilines is 2.